The van der Waals surface area contributed by atoms with Crippen LogP contribution in [-0.4, -0.2) is 5.92 Å². The van der Waals surface area contributed by atoms with Gasteiger partial charge in [-0.2, -0.15) is 0 Å². The van der Waals surface area contributed by atoms with Crippen LogP contribution in [0.2, 0.25) is 13.1 Å². The molecule has 0 nitrogen and oxygen atoms in total. The van der Waals surface area contributed by atoms with Gasteiger partial charge in [-0.15, -0.1) is 0 Å². The molecule has 0 N–H and O–H groups in total. The summed E-state index contributed by atoms with van der Waals surface area (Å²) in [4.78, 5) is 0. The van der Waals surface area contributed by atoms with E-state index in [9.17, 15) is 0 Å². The second-order valence-electron chi connectivity index (χ2n) is 18.3. The van der Waals surface area contributed by atoms with E-state index < -0.39 is 21.5 Å². The summed E-state index contributed by atoms with van der Waals surface area (Å²) in [6.45, 7) is 9.88. The molecule has 2 saturated carbocycles. The zero-order valence-electron chi connectivity index (χ0n) is 33.3. The van der Waals surface area contributed by atoms with Gasteiger partial charge in [0.15, 0.2) is 0 Å². The van der Waals surface area contributed by atoms with Crippen molar-refractivity contribution in [2.75, 3.05) is 0 Å². The molecule has 54 heavy (non-hydrogen) atoms. The Bertz CT molecular complexity index is 1890. The van der Waals surface area contributed by atoms with Crippen LogP contribution in [-0.2, 0) is 15.6 Å². The van der Waals surface area contributed by atoms with Gasteiger partial charge in [0.05, 0.1) is 0 Å². The molecule has 0 amide bonds. The fourth-order valence-electron chi connectivity index (χ4n) is 12.3. The first-order valence-electron chi connectivity index (χ1n) is 21.5. The Hall–Kier alpha value is -1.96. The van der Waals surface area contributed by atoms with Gasteiger partial charge in [-0.05, 0) is 0 Å². The van der Waals surface area contributed by atoms with Crippen molar-refractivity contribution in [2.45, 2.75) is 124 Å². The second-order valence-corrected chi connectivity index (χ2v) is 60.8. The molecular weight excluding hydrogens is 791 g/mol. The molecule has 0 spiro atoms. The summed E-state index contributed by atoms with van der Waals surface area (Å²) in [5.74, 6) is -1.71. The van der Waals surface area contributed by atoms with Crippen molar-refractivity contribution < 1.29 is 15.6 Å². The zero-order chi connectivity index (χ0) is 37.6. The van der Waals surface area contributed by atoms with Gasteiger partial charge < -0.3 is 0 Å². The van der Waals surface area contributed by atoms with Crippen LogP contribution in [0.3, 0.4) is 0 Å². The number of allylic oxidation sites excluding steroid dienone is 2. The van der Waals surface area contributed by atoms with Crippen LogP contribution in [0.15, 0.2) is 108 Å². The zero-order valence-corrected chi connectivity index (χ0v) is 38.4. The van der Waals surface area contributed by atoms with Gasteiger partial charge in [0.2, 0.25) is 0 Å². The van der Waals surface area contributed by atoms with Crippen LogP contribution in [0.4, 0.5) is 0 Å². The Kier molecular flexibility index (Phi) is 11.1. The molecule has 4 heteroatoms. The molecule has 4 aromatic carbocycles. The van der Waals surface area contributed by atoms with Gasteiger partial charge in [-0.1, -0.05) is 0 Å². The summed E-state index contributed by atoms with van der Waals surface area (Å²) in [6, 6.07) is 36.3. The predicted molar refractivity (Wildman–Crippen MR) is 237 cm³/mol. The molecule has 2 unspecified atom stereocenters. The van der Waals surface area contributed by atoms with Crippen molar-refractivity contribution >= 4 is 35.1 Å². The molecule has 283 valence electrons. The van der Waals surface area contributed by atoms with E-state index in [2.05, 4.69) is 136 Å². The third-order valence-electron chi connectivity index (χ3n) is 14.7. The van der Waals surface area contributed by atoms with Crippen molar-refractivity contribution in [2.24, 2.45) is 10.8 Å². The van der Waals surface area contributed by atoms with E-state index in [4.69, 9.17) is 17.0 Å². The minimum atomic E-state index is -5.03. The first kappa shape index (κ1) is 38.9. The first-order chi connectivity index (χ1) is 26.1. The molecule has 0 radical (unpaired) electrons. The van der Waals surface area contributed by atoms with Crippen molar-refractivity contribution in [3.63, 3.8) is 0 Å². The Morgan fingerprint density at radius 3 is 1.30 bits per heavy atom. The Labute approximate surface area is 335 Å². The number of halogens is 2. The molecule has 4 aliphatic rings. The van der Waals surface area contributed by atoms with Gasteiger partial charge in [-0.25, -0.2) is 0 Å². The van der Waals surface area contributed by atoms with E-state index in [1.807, 2.05) is 0 Å². The number of hydrogen-bond donors (Lipinski definition) is 0. The van der Waals surface area contributed by atoms with Crippen LogP contribution in [0.5, 0.6) is 0 Å². The van der Waals surface area contributed by atoms with E-state index in [1.54, 1.807) is 11.1 Å². The molecule has 0 saturated heterocycles. The van der Waals surface area contributed by atoms with Gasteiger partial charge in [0.25, 0.3) is 0 Å². The third-order valence-corrected chi connectivity index (χ3v) is 66.6. The number of benzene rings is 4. The quantitative estimate of drug-likeness (QED) is 0.118. The summed E-state index contributed by atoms with van der Waals surface area (Å²) in [6.07, 6.45) is 23.4. The maximum absolute atomic E-state index is 9.15. The summed E-state index contributed by atoms with van der Waals surface area (Å²) >= 11 is -5.03. The normalized spacial score (nSPS) is 22.1. The van der Waals surface area contributed by atoms with E-state index in [0.717, 1.165) is 12.8 Å². The molecule has 4 aromatic rings. The van der Waals surface area contributed by atoms with Crippen LogP contribution < -0.4 is 0 Å². The number of hydrogen-bond acceptors (Lipinski definition) is 0. The standard InChI is InChI=1S/2C24H27.C2H7Si.2ClH.Zr/c2*1-2-13-24(14-6-7-15-24)18-19-16-21-11-8-12-22(23(21)17-19)20-9-4-3-5-10-20;1-3-2;;;/h2*3-5,8-12,16-17H,2,6-7,13-15,18H2,1H3;3H,1-2H3;2*1H;/q;;;;;+2/p-2. The van der Waals surface area contributed by atoms with E-state index in [0.29, 0.717) is 10.8 Å². The van der Waals surface area contributed by atoms with E-state index in [1.165, 1.54) is 122 Å². The Balaban J connectivity index is 1.37. The summed E-state index contributed by atoms with van der Waals surface area (Å²) in [5.41, 5.74) is 14.8. The van der Waals surface area contributed by atoms with Crippen LogP contribution in [0.25, 0.3) is 34.4 Å². The minimum absolute atomic E-state index is 0.125. The molecule has 8 rings (SSSR count). The number of rotatable bonds is 13. The van der Waals surface area contributed by atoms with E-state index in [-0.39, 0.29) is 7.25 Å². The van der Waals surface area contributed by atoms with Gasteiger partial charge in [0, 0.05) is 0 Å². The Morgan fingerprint density at radius 2 is 0.944 bits per heavy atom. The van der Waals surface area contributed by atoms with E-state index >= 15 is 0 Å². The maximum atomic E-state index is 9.15. The average Bonchev–Trinajstić information content (AvgIpc) is 3.98. The van der Waals surface area contributed by atoms with Gasteiger partial charge >= 0.3 is 338 Å². The van der Waals surface area contributed by atoms with Crippen molar-refractivity contribution in [1.82, 2.24) is 0 Å². The summed E-state index contributed by atoms with van der Waals surface area (Å²) < 4.78 is 0.250. The number of fused-ring (bicyclic) bond motifs is 2. The second kappa shape index (κ2) is 15.4. The fraction of sp³-hybridized carbons (Fsp3) is 0.440. The van der Waals surface area contributed by atoms with Crippen LogP contribution >= 0.6 is 17.0 Å². The molecule has 0 aliphatic heterocycles. The molecule has 0 bridgehead atoms. The average molecular weight is 852 g/mol. The molecule has 0 aromatic heterocycles. The predicted octanol–water partition coefficient (Wildman–Crippen LogP) is 16.1. The van der Waals surface area contributed by atoms with Crippen LogP contribution in [0, 0.1) is 10.8 Å². The fourth-order valence-corrected chi connectivity index (χ4v) is 43.6. The molecule has 0 heterocycles. The molecule has 4 aliphatic carbocycles. The SMILES string of the molecule is CCCC1(CC2=Cc3c(-c4ccccc4)cccc3[CH]2[Zr]([Cl])([Cl])([CH]2C(CC3(CCC)CCCC3)=Cc3c(-c4ccccc4)cccc32)[SiH](C)C)CCCC1. The van der Waals surface area contributed by atoms with Crippen molar-refractivity contribution in [1.29, 1.82) is 0 Å². The molecule has 2 fully saturated rings. The Morgan fingerprint density at radius 1 is 0.556 bits per heavy atom. The topological polar surface area (TPSA) is 0 Å². The van der Waals surface area contributed by atoms with Crippen molar-refractivity contribution in [3.05, 3.63) is 130 Å². The van der Waals surface area contributed by atoms with Crippen molar-refractivity contribution in [3.8, 4) is 22.3 Å². The third kappa shape index (κ3) is 6.70. The first-order valence-corrected chi connectivity index (χ1v) is 37.8. The van der Waals surface area contributed by atoms with Gasteiger partial charge in [0.1, 0.15) is 0 Å². The monoisotopic (exact) mass is 849 g/mol. The summed E-state index contributed by atoms with van der Waals surface area (Å²) in [7, 11) is 18.3. The van der Waals surface area contributed by atoms with Gasteiger partial charge in [-0.3, -0.25) is 0 Å². The molecular formula is C50H61Cl2SiZr. The van der Waals surface area contributed by atoms with Crippen LogP contribution in [0.1, 0.15) is 133 Å². The summed E-state index contributed by atoms with van der Waals surface area (Å²) in [5, 5.41) is 0. The molecule has 2 atom stereocenters.